The molecule has 8 heteroatoms. The van der Waals surface area contributed by atoms with E-state index in [1.807, 2.05) is 53.6 Å². The van der Waals surface area contributed by atoms with Gasteiger partial charge in [-0.25, -0.2) is 19.0 Å². The zero-order valence-corrected chi connectivity index (χ0v) is 18.6. The van der Waals surface area contributed by atoms with Crippen molar-refractivity contribution in [2.24, 2.45) is 0 Å². The van der Waals surface area contributed by atoms with Crippen molar-refractivity contribution in [3.05, 3.63) is 88.0 Å². The van der Waals surface area contributed by atoms with Crippen LogP contribution in [0.5, 0.6) is 0 Å². The summed E-state index contributed by atoms with van der Waals surface area (Å²) < 4.78 is 17.5. The molecule has 0 radical (unpaired) electrons. The number of aromatic nitrogens is 6. The summed E-state index contributed by atoms with van der Waals surface area (Å²) in [4.78, 5) is 13.7. The van der Waals surface area contributed by atoms with Crippen molar-refractivity contribution in [1.29, 1.82) is 0 Å². The van der Waals surface area contributed by atoms with Crippen LogP contribution in [0.15, 0.2) is 42.9 Å². The maximum atomic E-state index is 13.6. The van der Waals surface area contributed by atoms with Gasteiger partial charge < -0.3 is 4.57 Å². The van der Waals surface area contributed by atoms with Crippen LogP contribution in [0.1, 0.15) is 53.1 Å². The minimum Gasteiger partial charge on any atom is -0.304 e. The van der Waals surface area contributed by atoms with Crippen LogP contribution in [0.3, 0.4) is 0 Å². The van der Waals surface area contributed by atoms with Crippen LogP contribution in [0.25, 0.3) is 17.8 Å². The van der Waals surface area contributed by atoms with Crippen molar-refractivity contribution in [2.45, 2.75) is 39.2 Å². The van der Waals surface area contributed by atoms with E-state index in [2.05, 4.69) is 15.1 Å². The van der Waals surface area contributed by atoms with E-state index < -0.39 is 5.82 Å². The largest absolute Gasteiger partial charge is 0.304 e. The number of hydrogen-bond donors (Lipinski definition) is 0. The van der Waals surface area contributed by atoms with Crippen molar-refractivity contribution in [3.8, 4) is 5.69 Å². The van der Waals surface area contributed by atoms with Gasteiger partial charge in [-0.2, -0.15) is 5.10 Å². The first-order valence-corrected chi connectivity index (χ1v) is 10.9. The minimum absolute atomic E-state index is 0.0507. The molecule has 0 bridgehead atoms. The minimum atomic E-state index is -0.409. The molecule has 162 valence electrons. The molecule has 4 heterocycles. The monoisotopic (exact) mass is 448 g/mol. The normalized spacial score (nSPS) is 15.9. The van der Waals surface area contributed by atoms with Gasteiger partial charge in [0.1, 0.15) is 11.6 Å². The fourth-order valence-electron chi connectivity index (χ4n) is 4.14. The summed E-state index contributed by atoms with van der Waals surface area (Å²) in [6, 6.07) is 8.88. The van der Waals surface area contributed by atoms with Crippen molar-refractivity contribution in [2.75, 3.05) is 0 Å². The van der Waals surface area contributed by atoms with E-state index in [0.29, 0.717) is 5.82 Å². The van der Waals surface area contributed by atoms with Gasteiger partial charge in [-0.05, 0) is 68.7 Å². The second kappa shape index (κ2) is 8.31. The van der Waals surface area contributed by atoms with Crippen LogP contribution < -0.4 is 0 Å². The Morgan fingerprint density at radius 1 is 1.12 bits per heavy atom. The van der Waals surface area contributed by atoms with E-state index in [0.717, 1.165) is 53.5 Å². The predicted octanol–water partition coefficient (Wildman–Crippen LogP) is 5.36. The molecule has 1 aliphatic heterocycles. The van der Waals surface area contributed by atoms with Crippen LogP contribution in [0.4, 0.5) is 4.39 Å². The highest BCUT2D eigenvalue weighted by atomic mass is 35.5. The average Bonchev–Trinajstić information content (AvgIpc) is 3.40. The molecule has 0 unspecified atom stereocenters. The molecule has 0 fully saturated rings. The lowest BCUT2D eigenvalue weighted by Gasteiger charge is -2.22. The number of halogens is 2. The van der Waals surface area contributed by atoms with Gasteiger partial charge in [-0.3, -0.25) is 4.98 Å². The summed E-state index contributed by atoms with van der Waals surface area (Å²) in [6.07, 6.45) is 9.47. The number of fused-ring (bicyclic) bond motifs is 1. The maximum Gasteiger partial charge on any atom is 0.174 e. The van der Waals surface area contributed by atoms with E-state index in [9.17, 15) is 4.39 Å². The molecule has 0 amide bonds. The lowest BCUT2D eigenvalue weighted by molar-refractivity contribution is 0.445. The molecule has 5 rings (SSSR count). The number of hydrogen-bond acceptors (Lipinski definition) is 4. The quantitative estimate of drug-likeness (QED) is 0.421. The topological polar surface area (TPSA) is 61.4 Å². The summed E-state index contributed by atoms with van der Waals surface area (Å²) in [7, 11) is 0. The van der Waals surface area contributed by atoms with Crippen LogP contribution in [-0.2, 0) is 6.54 Å². The number of pyridine rings is 1. The van der Waals surface area contributed by atoms with Crippen molar-refractivity contribution in [3.63, 3.8) is 0 Å². The smallest absolute Gasteiger partial charge is 0.174 e. The number of nitrogens with zero attached hydrogens (tertiary/aromatic N) is 6. The lowest BCUT2D eigenvalue weighted by atomic mass is 9.91. The third-order valence-electron chi connectivity index (χ3n) is 5.71. The van der Waals surface area contributed by atoms with Gasteiger partial charge in [0.15, 0.2) is 5.82 Å². The summed E-state index contributed by atoms with van der Waals surface area (Å²) >= 11 is 6.01. The molecule has 0 saturated carbocycles. The molecular formula is C24H22ClFN6. The van der Waals surface area contributed by atoms with Gasteiger partial charge in [0.05, 0.1) is 34.1 Å². The summed E-state index contributed by atoms with van der Waals surface area (Å²) in [5.74, 6) is 1.16. The van der Waals surface area contributed by atoms with Gasteiger partial charge in [0.2, 0.25) is 0 Å². The Balaban J connectivity index is 1.39. The molecule has 4 aromatic rings. The highest BCUT2D eigenvalue weighted by Crippen LogP contribution is 2.34. The first-order chi connectivity index (χ1) is 15.5. The Bertz CT molecular complexity index is 1320. The highest BCUT2D eigenvalue weighted by molar-refractivity contribution is 6.30. The molecule has 1 aromatic carbocycles. The number of imidazole rings is 1. The number of aryl methyl sites for hydroxylation is 3. The molecule has 0 N–H and O–H groups in total. The standard InChI is InChI=1S/C24H22ClFN6/c1-15-13-31(14-27-15)22-9-6-18(28-16(22)2)7-10-23-29-24-19(4-3-11-32(24)30-23)17-5-8-21(26)20(25)12-17/h5-10,12-14,19H,3-4,11H2,1-2H3/b10-7+/t19-/m1/s1. The molecule has 0 spiro atoms. The van der Waals surface area contributed by atoms with E-state index >= 15 is 0 Å². The maximum absolute atomic E-state index is 13.6. The molecule has 0 aliphatic carbocycles. The Hall–Kier alpha value is -3.32. The number of benzene rings is 1. The van der Waals surface area contributed by atoms with Gasteiger partial charge in [0, 0.05) is 18.7 Å². The van der Waals surface area contributed by atoms with E-state index in [4.69, 9.17) is 16.6 Å². The van der Waals surface area contributed by atoms with Crippen LogP contribution in [-0.4, -0.2) is 29.3 Å². The summed E-state index contributed by atoms with van der Waals surface area (Å²) in [5.41, 5.74) is 4.67. The highest BCUT2D eigenvalue weighted by Gasteiger charge is 2.26. The predicted molar refractivity (Wildman–Crippen MR) is 122 cm³/mol. The van der Waals surface area contributed by atoms with Crippen LogP contribution in [0.2, 0.25) is 5.02 Å². The van der Waals surface area contributed by atoms with E-state index in [-0.39, 0.29) is 10.9 Å². The van der Waals surface area contributed by atoms with Crippen LogP contribution >= 0.6 is 11.6 Å². The third kappa shape index (κ3) is 3.96. The molecule has 32 heavy (non-hydrogen) atoms. The second-order valence-electron chi connectivity index (χ2n) is 8.02. The molecule has 0 saturated heterocycles. The lowest BCUT2D eigenvalue weighted by Crippen LogP contribution is -2.18. The first-order valence-electron chi connectivity index (χ1n) is 10.5. The van der Waals surface area contributed by atoms with Gasteiger partial charge >= 0.3 is 0 Å². The van der Waals surface area contributed by atoms with Gasteiger partial charge in [-0.15, -0.1) is 0 Å². The molecule has 3 aromatic heterocycles. The Morgan fingerprint density at radius 3 is 2.75 bits per heavy atom. The van der Waals surface area contributed by atoms with E-state index in [1.165, 1.54) is 6.07 Å². The SMILES string of the molecule is Cc1cn(-c2ccc(/C=C/c3nc4n(n3)CCC[C@@H]4c3ccc(F)c(Cl)c3)nc2C)cn1. The zero-order chi connectivity index (χ0) is 22.2. The van der Waals surface area contributed by atoms with Crippen molar-refractivity contribution < 1.29 is 4.39 Å². The number of rotatable bonds is 4. The molecular weight excluding hydrogens is 427 g/mol. The fourth-order valence-corrected chi connectivity index (χ4v) is 4.33. The average molecular weight is 449 g/mol. The molecule has 1 atom stereocenters. The Kier molecular flexibility index (Phi) is 5.35. The van der Waals surface area contributed by atoms with E-state index in [1.54, 1.807) is 18.5 Å². The second-order valence-corrected chi connectivity index (χ2v) is 8.42. The molecule has 1 aliphatic rings. The summed E-state index contributed by atoms with van der Waals surface area (Å²) in [6.45, 7) is 4.76. The Morgan fingerprint density at radius 2 is 2.00 bits per heavy atom. The van der Waals surface area contributed by atoms with Gasteiger partial charge in [-0.1, -0.05) is 17.7 Å². The Labute approximate surface area is 190 Å². The molecule has 6 nitrogen and oxygen atoms in total. The first kappa shape index (κ1) is 20.6. The van der Waals surface area contributed by atoms with Gasteiger partial charge in [0.25, 0.3) is 0 Å². The summed E-state index contributed by atoms with van der Waals surface area (Å²) in [5, 5.41) is 4.78. The van der Waals surface area contributed by atoms with Crippen molar-refractivity contribution in [1.82, 2.24) is 29.3 Å². The third-order valence-corrected chi connectivity index (χ3v) is 6.00. The van der Waals surface area contributed by atoms with Crippen molar-refractivity contribution >= 4 is 23.8 Å². The fraction of sp³-hybridized carbons (Fsp3) is 0.250. The zero-order valence-electron chi connectivity index (χ0n) is 17.8. The van der Waals surface area contributed by atoms with Crippen LogP contribution in [0, 0.1) is 19.7 Å².